The zero-order valence-corrected chi connectivity index (χ0v) is 6.31. The number of anilines is 1. The molecule has 1 rings (SSSR count). The molecule has 0 saturated carbocycles. The molecule has 0 fully saturated rings. The van der Waals surface area contributed by atoms with Crippen LogP contribution in [0.3, 0.4) is 0 Å². The first kappa shape index (κ1) is 8.91. The number of hydrogen-bond donors (Lipinski definition) is 2. The van der Waals surface area contributed by atoms with E-state index in [-0.39, 0.29) is 12.1 Å². The monoisotopic (exact) mass is 183 g/mol. The summed E-state index contributed by atoms with van der Waals surface area (Å²) in [6.07, 6.45) is 2.40. The Morgan fingerprint density at radius 1 is 1.54 bits per heavy atom. The summed E-state index contributed by atoms with van der Waals surface area (Å²) in [7, 11) is 0. The summed E-state index contributed by atoms with van der Waals surface area (Å²) in [5.74, 6) is 0. The standard InChI is InChI=1S/C6H5N3O4/c10-3-8-4-1-7-2-5(6(4)11)9(12)13/h1-3H,(H,7,11)(H,8,10). The smallest absolute Gasteiger partial charge is 0.334 e. The van der Waals surface area contributed by atoms with Gasteiger partial charge in [-0.2, -0.15) is 0 Å². The van der Waals surface area contributed by atoms with Gasteiger partial charge in [0, 0.05) is 6.20 Å². The SMILES string of the molecule is O=CNc1c[nH]cc([N+](=O)[O-])c1=O. The minimum atomic E-state index is -0.825. The zero-order valence-electron chi connectivity index (χ0n) is 6.31. The summed E-state index contributed by atoms with van der Waals surface area (Å²) in [6, 6.07) is 0. The maximum atomic E-state index is 11.1. The van der Waals surface area contributed by atoms with Crippen molar-refractivity contribution in [3.63, 3.8) is 0 Å². The number of nitro groups is 1. The predicted molar refractivity (Wildman–Crippen MR) is 43.4 cm³/mol. The first-order valence-electron chi connectivity index (χ1n) is 3.22. The number of rotatable bonds is 3. The van der Waals surface area contributed by atoms with Crippen LogP contribution in [0.25, 0.3) is 0 Å². The van der Waals surface area contributed by atoms with Crippen LogP contribution in [0, 0.1) is 10.1 Å². The van der Waals surface area contributed by atoms with E-state index in [1.807, 2.05) is 5.32 Å². The summed E-state index contributed by atoms with van der Waals surface area (Å²) in [5.41, 5.74) is -1.58. The Hall–Kier alpha value is -2.18. The van der Waals surface area contributed by atoms with Crippen LogP contribution in [-0.4, -0.2) is 16.3 Å². The molecule has 0 atom stereocenters. The molecule has 0 bridgehead atoms. The van der Waals surface area contributed by atoms with Crippen molar-refractivity contribution in [2.45, 2.75) is 0 Å². The minimum absolute atomic E-state index is 0.149. The Bertz CT molecular complexity index is 397. The number of carbonyl (C=O) groups excluding carboxylic acids is 1. The molecule has 0 aliphatic rings. The molecule has 1 heterocycles. The quantitative estimate of drug-likeness (QED) is 0.386. The Labute approximate surface area is 71.5 Å². The zero-order chi connectivity index (χ0) is 9.84. The molecule has 0 saturated heterocycles. The summed E-state index contributed by atoms with van der Waals surface area (Å²) in [4.78, 5) is 32.9. The normalized spacial score (nSPS) is 9.23. The van der Waals surface area contributed by atoms with Crippen molar-refractivity contribution in [3.05, 3.63) is 32.7 Å². The lowest BCUT2D eigenvalue weighted by atomic mass is 10.3. The number of amides is 1. The fraction of sp³-hybridized carbons (Fsp3) is 0. The molecule has 13 heavy (non-hydrogen) atoms. The highest BCUT2D eigenvalue weighted by molar-refractivity contribution is 5.71. The Morgan fingerprint density at radius 3 is 2.77 bits per heavy atom. The molecule has 0 aliphatic heterocycles. The fourth-order valence-corrected chi connectivity index (χ4v) is 0.779. The molecule has 68 valence electrons. The maximum Gasteiger partial charge on any atom is 0.334 e. The molecule has 2 N–H and O–H groups in total. The van der Waals surface area contributed by atoms with E-state index >= 15 is 0 Å². The Kier molecular flexibility index (Phi) is 2.38. The molecular weight excluding hydrogens is 178 g/mol. The number of carbonyl (C=O) groups is 1. The molecule has 7 nitrogen and oxygen atoms in total. The molecule has 1 aromatic heterocycles. The number of hydrogen-bond acceptors (Lipinski definition) is 4. The summed E-state index contributed by atoms with van der Waals surface area (Å²) < 4.78 is 0. The third-order valence-corrected chi connectivity index (χ3v) is 1.34. The van der Waals surface area contributed by atoms with Gasteiger partial charge in [-0.15, -0.1) is 0 Å². The van der Waals surface area contributed by atoms with Crippen LogP contribution >= 0.6 is 0 Å². The van der Waals surface area contributed by atoms with Gasteiger partial charge in [0.15, 0.2) is 0 Å². The molecule has 0 aliphatic carbocycles. The van der Waals surface area contributed by atoms with Gasteiger partial charge in [0.25, 0.3) is 5.43 Å². The van der Waals surface area contributed by atoms with Crippen LogP contribution in [0.15, 0.2) is 17.2 Å². The second kappa shape index (κ2) is 3.48. The summed E-state index contributed by atoms with van der Waals surface area (Å²) in [5, 5.41) is 12.3. The van der Waals surface area contributed by atoms with E-state index in [2.05, 4.69) is 4.98 Å². The summed E-state index contributed by atoms with van der Waals surface area (Å²) >= 11 is 0. The number of nitrogens with one attached hydrogen (secondary N) is 2. The number of nitrogens with zero attached hydrogens (tertiary/aromatic N) is 1. The van der Waals surface area contributed by atoms with Gasteiger partial charge >= 0.3 is 5.69 Å². The minimum Gasteiger partial charge on any atom is -0.360 e. The van der Waals surface area contributed by atoms with Crippen LogP contribution in [0.2, 0.25) is 0 Å². The van der Waals surface area contributed by atoms with Gasteiger partial charge in [-0.3, -0.25) is 19.7 Å². The van der Waals surface area contributed by atoms with E-state index in [4.69, 9.17) is 0 Å². The average Bonchev–Trinajstić information content (AvgIpc) is 2.08. The number of H-pyrrole nitrogens is 1. The van der Waals surface area contributed by atoms with Crippen molar-refractivity contribution in [1.29, 1.82) is 0 Å². The van der Waals surface area contributed by atoms with Crippen molar-refractivity contribution in [2.75, 3.05) is 5.32 Å². The highest BCUT2D eigenvalue weighted by Crippen LogP contribution is 2.04. The molecule has 0 aromatic carbocycles. The molecule has 1 amide bonds. The van der Waals surface area contributed by atoms with Gasteiger partial charge in [-0.1, -0.05) is 0 Å². The molecule has 0 radical (unpaired) electrons. The average molecular weight is 183 g/mol. The van der Waals surface area contributed by atoms with Crippen LogP contribution < -0.4 is 10.7 Å². The first-order chi connectivity index (χ1) is 6.16. The van der Waals surface area contributed by atoms with Gasteiger partial charge in [0.2, 0.25) is 6.41 Å². The van der Waals surface area contributed by atoms with E-state index in [0.29, 0.717) is 0 Å². The van der Waals surface area contributed by atoms with Crippen LogP contribution in [0.1, 0.15) is 0 Å². The van der Waals surface area contributed by atoms with Gasteiger partial charge in [-0.05, 0) is 0 Å². The van der Waals surface area contributed by atoms with E-state index < -0.39 is 16.0 Å². The lowest BCUT2D eigenvalue weighted by molar-refractivity contribution is -0.386. The Balaban J connectivity index is 3.26. The molecule has 0 unspecified atom stereocenters. The molecule has 7 heteroatoms. The van der Waals surface area contributed by atoms with E-state index in [1.54, 1.807) is 0 Å². The van der Waals surface area contributed by atoms with Gasteiger partial charge in [0.1, 0.15) is 5.69 Å². The van der Waals surface area contributed by atoms with Crippen molar-refractivity contribution < 1.29 is 9.72 Å². The third-order valence-electron chi connectivity index (χ3n) is 1.34. The molecule has 1 aromatic rings. The maximum absolute atomic E-state index is 11.1. The van der Waals surface area contributed by atoms with Crippen molar-refractivity contribution >= 4 is 17.8 Å². The summed E-state index contributed by atoms with van der Waals surface area (Å²) in [6.45, 7) is 0. The highest BCUT2D eigenvalue weighted by Gasteiger charge is 2.13. The lowest BCUT2D eigenvalue weighted by Gasteiger charge is -1.95. The van der Waals surface area contributed by atoms with Gasteiger partial charge in [-0.25, -0.2) is 0 Å². The molecule has 0 spiro atoms. The predicted octanol–water partition coefficient (Wildman–Crippen LogP) is -0.149. The largest absolute Gasteiger partial charge is 0.360 e. The van der Waals surface area contributed by atoms with E-state index in [0.717, 1.165) is 6.20 Å². The number of aromatic nitrogens is 1. The van der Waals surface area contributed by atoms with Crippen LogP contribution in [0.5, 0.6) is 0 Å². The lowest BCUT2D eigenvalue weighted by Crippen LogP contribution is -2.13. The van der Waals surface area contributed by atoms with E-state index in [1.165, 1.54) is 6.20 Å². The van der Waals surface area contributed by atoms with Crippen LogP contribution in [-0.2, 0) is 4.79 Å². The fourth-order valence-electron chi connectivity index (χ4n) is 0.779. The highest BCUT2D eigenvalue weighted by atomic mass is 16.6. The van der Waals surface area contributed by atoms with Crippen LogP contribution in [0.4, 0.5) is 11.4 Å². The van der Waals surface area contributed by atoms with Crippen molar-refractivity contribution in [3.8, 4) is 0 Å². The van der Waals surface area contributed by atoms with Gasteiger partial charge < -0.3 is 10.3 Å². The second-order valence-corrected chi connectivity index (χ2v) is 2.10. The molecular formula is C6H5N3O4. The van der Waals surface area contributed by atoms with E-state index in [9.17, 15) is 19.7 Å². The topological polar surface area (TPSA) is 105 Å². The first-order valence-corrected chi connectivity index (χ1v) is 3.22. The second-order valence-electron chi connectivity index (χ2n) is 2.10. The number of pyridine rings is 1. The number of aromatic amines is 1. The van der Waals surface area contributed by atoms with Gasteiger partial charge in [0.05, 0.1) is 11.1 Å². The third kappa shape index (κ3) is 1.70. The van der Waals surface area contributed by atoms with Crippen molar-refractivity contribution in [1.82, 2.24) is 4.98 Å². The Morgan fingerprint density at radius 2 is 2.23 bits per heavy atom. The van der Waals surface area contributed by atoms with Crippen molar-refractivity contribution in [2.24, 2.45) is 0 Å².